The molecule has 0 saturated heterocycles. The van der Waals surface area contributed by atoms with Crippen LogP contribution in [0.15, 0.2) is 12.2 Å². The maximum Gasteiger partial charge on any atom is 0.438 e. The molecule has 0 aromatic rings. The second-order valence-corrected chi connectivity index (χ2v) is 9.45. The number of unbranched alkanes of at least 4 members (excludes halogenated alkanes) is 11. The van der Waals surface area contributed by atoms with E-state index in [9.17, 15) is 18.1 Å². The van der Waals surface area contributed by atoms with Crippen molar-refractivity contribution in [2.45, 2.75) is 96.8 Å². The lowest BCUT2D eigenvalue weighted by Gasteiger charge is -2.01. The summed E-state index contributed by atoms with van der Waals surface area (Å²) in [6, 6.07) is 0. The fourth-order valence-corrected chi connectivity index (χ4v) is 3.08. The molecule has 1 unspecified atom stereocenters. The minimum atomic E-state index is -3.21. The first-order chi connectivity index (χ1) is 13.1. The number of Topliss-reactive ketones (excluding diaryl/α,β-unsaturated/α-hetero) is 1. The molecule has 0 aliphatic rings. The standard InChI is InChI=1S/C19H35O6PS/c1-2-3-4-5-6-7-8-9-10-11-12-13-14-15-16-17-19(20)18-24-25-27(23)26(21)22/h9-10H,2-8,11-18H2,1H3/b10-9-. The molecule has 0 N–H and O–H groups in total. The van der Waals surface area contributed by atoms with E-state index < -0.39 is 17.6 Å². The molecule has 0 bridgehead atoms. The molecule has 0 spiro atoms. The molecular formula is C19H35O6PS. The lowest BCUT2D eigenvalue weighted by molar-refractivity contribution is -0.195. The summed E-state index contributed by atoms with van der Waals surface area (Å²) in [7, 11) is -2.53. The highest BCUT2D eigenvalue weighted by Gasteiger charge is 2.09. The Morgan fingerprint density at radius 1 is 0.852 bits per heavy atom. The van der Waals surface area contributed by atoms with Gasteiger partial charge in [-0.2, -0.15) is 0 Å². The van der Waals surface area contributed by atoms with Crippen molar-refractivity contribution in [3.8, 4) is 0 Å². The van der Waals surface area contributed by atoms with Gasteiger partial charge in [-0.3, -0.25) is 4.79 Å². The zero-order valence-electron chi connectivity index (χ0n) is 16.6. The smallest absolute Gasteiger partial charge is 0.297 e. The second-order valence-electron chi connectivity index (χ2n) is 6.64. The first-order valence-electron chi connectivity index (χ1n) is 10.1. The average molecular weight is 423 g/mol. The van der Waals surface area contributed by atoms with Gasteiger partial charge in [-0.25, -0.2) is 18.2 Å². The number of carbonyl (C=O) groups is 1. The van der Waals surface area contributed by atoms with E-state index in [1.807, 2.05) is 0 Å². The summed E-state index contributed by atoms with van der Waals surface area (Å²) in [5.41, 5.74) is 0. The van der Waals surface area contributed by atoms with Crippen LogP contribution in [-0.4, -0.2) is 16.6 Å². The number of allylic oxidation sites excluding steroid dienone is 2. The largest absolute Gasteiger partial charge is 0.438 e. The van der Waals surface area contributed by atoms with Crippen molar-refractivity contribution in [2.75, 3.05) is 6.61 Å². The van der Waals surface area contributed by atoms with E-state index in [2.05, 4.69) is 28.3 Å². The van der Waals surface area contributed by atoms with E-state index >= 15 is 0 Å². The minimum absolute atomic E-state index is 0.189. The zero-order chi connectivity index (χ0) is 20.2. The maximum atomic E-state index is 11.5. The molecule has 0 rings (SSSR count). The van der Waals surface area contributed by atoms with Gasteiger partial charge in [0.25, 0.3) is 0 Å². The molecular weight excluding hydrogens is 387 g/mol. The predicted octanol–water partition coefficient (Wildman–Crippen LogP) is 6.29. The molecule has 0 aliphatic heterocycles. The third-order valence-corrected chi connectivity index (χ3v) is 5.53. The van der Waals surface area contributed by atoms with E-state index in [0.29, 0.717) is 6.42 Å². The van der Waals surface area contributed by atoms with Crippen molar-refractivity contribution in [1.29, 1.82) is 0 Å². The predicted molar refractivity (Wildman–Crippen MR) is 108 cm³/mol. The van der Waals surface area contributed by atoms with Crippen LogP contribution in [0.3, 0.4) is 0 Å². The van der Waals surface area contributed by atoms with E-state index in [1.165, 1.54) is 51.4 Å². The summed E-state index contributed by atoms with van der Waals surface area (Å²) >= 11 is 0. The van der Waals surface area contributed by atoms with Gasteiger partial charge < -0.3 is 0 Å². The van der Waals surface area contributed by atoms with Crippen LogP contribution >= 0.6 is 6.88 Å². The first-order valence-corrected chi connectivity index (χ1v) is 13.0. The Bertz CT molecular complexity index is 483. The van der Waals surface area contributed by atoms with Crippen molar-refractivity contribution in [3.05, 3.63) is 12.2 Å². The first kappa shape index (κ1) is 26.4. The van der Waals surface area contributed by atoms with Gasteiger partial charge in [0.1, 0.15) is 6.61 Å². The molecule has 0 aliphatic carbocycles. The van der Waals surface area contributed by atoms with Gasteiger partial charge in [0.15, 0.2) is 5.78 Å². The van der Waals surface area contributed by atoms with Gasteiger partial charge in [-0.05, 0) is 32.1 Å². The summed E-state index contributed by atoms with van der Waals surface area (Å²) < 4.78 is 35.2. The maximum absolute atomic E-state index is 11.5. The quantitative estimate of drug-likeness (QED) is 0.0753. The molecule has 0 saturated carbocycles. The van der Waals surface area contributed by atoms with Crippen molar-refractivity contribution in [3.63, 3.8) is 0 Å². The molecule has 0 heterocycles. The van der Waals surface area contributed by atoms with Crippen LogP contribution in [0.4, 0.5) is 0 Å². The Balaban J connectivity index is 3.31. The van der Waals surface area contributed by atoms with Crippen molar-refractivity contribution in [2.24, 2.45) is 0 Å². The van der Waals surface area contributed by atoms with Crippen molar-refractivity contribution < 1.29 is 27.4 Å². The lowest BCUT2D eigenvalue weighted by Crippen LogP contribution is -2.08. The highest BCUT2D eigenvalue weighted by Crippen LogP contribution is 2.13. The summed E-state index contributed by atoms with van der Waals surface area (Å²) in [4.78, 5) is 15.8. The van der Waals surface area contributed by atoms with Crippen molar-refractivity contribution >= 4 is 23.4 Å². The number of hydrogen-bond donors (Lipinski definition) is 0. The Hall–Kier alpha value is -0.620. The Labute approximate surface area is 166 Å². The molecule has 8 heteroatoms. The minimum Gasteiger partial charge on any atom is -0.297 e. The van der Waals surface area contributed by atoms with Crippen molar-refractivity contribution in [1.82, 2.24) is 0 Å². The molecule has 27 heavy (non-hydrogen) atoms. The van der Waals surface area contributed by atoms with Crippen LogP contribution < -0.4 is 0 Å². The van der Waals surface area contributed by atoms with E-state index in [4.69, 9.17) is 0 Å². The highest BCUT2D eigenvalue weighted by atomic mass is 32.7. The Kier molecular flexibility index (Phi) is 19.7. The summed E-state index contributed by atoms with van der Waals surface area (Å²) in [6.45, 7) is -1.35. The van der Waals surface area contributed by atoms with Crippen LogP contribution in [0.1, 0.15) is 96.8 Å². The van der Waals surface area contributed by atoms with Gasteiger partial charge in [0, 0.05) is 6.42 Å². The lowest BCUT2D eigenvalue weighted by atomic mass is 10.1. The molecule has 0 aromatic heterocycles. The SMILES string of the molecule is CCCCCCCC/C=C\CCCCCCCC(=O)COOS(=O)P(=O)=O. The fraction of sp³-hybridized carbons (Fsp3) is 0.842. The third-order valence-electron chi connectivity index (χ3n) is 4.17. The Morgan fingerprint density at radius 2 is 1.37 bits per heavy atom. The molecule has 158 valence electrons. The molecule has 0 radical (unpaired) electrons. The molecule has 6 nitrogen and oxygen atoms in total. The van der Waals surface area contributed by atoms with Crippen LogP contribution in [0.25, 0.3) is 0 Å². The molecule has 0 fully saturated rings. The van der Waals surface area contributed by atoms with Gasteiger partial charge in [-0.1, -0.05) is 70.4 Å². The van der Waals surface area contributed by atoms with Crippen LogP contribution in [-0.2, 0) is 33.8 Å². The Morgan fingerprint density at radius 3 is 1.93 bits per heavy atom. The molecule has 0 amide bonds. The van der Waals surface area contributed by atoms with Gasteiger partial charge in [-0.15, -0.1) is 4.33 Å². The monoisotopic (exact) mass is 422 g/mol. The average Bonchev–Trinajstić information content (AvgIpc) is 2.64. The van der Waals surface area contributed by atoms with Crippen LogP contribution in [0.5, 0.6) is 0 Å². The van der Waals surface area contributed by atoms with Crippen LogP contribution in [0, 0.1) is 0 Å². The summed E-state index contributed by atoms with van der Waals surface area (Å²) in [5, 5.41) is 0. The van der Waals surface area contributed by atoms with Gasteiger partial charge in [0.05, 0.1) is 0 Å². The second kappa shape index (κ2) is 20.1. The number of ketones is 1. The molecule has 0 aromatic carbocycles. The van der Waals surface area contributed by atoms with Crippen LogP contribution in [0.2, 0.25) is 0 Å². The van der Waals surface area contributed by atoms with E-state index in [-0.39, 0.29) is 12.4 Å². The topological polar surface area (TPSA) is 86.7 Å². The number of carbonyl (C=O) groups excluding carboxylic acids is 1. The van der Waals surface area contributed by atoms with E-state index in [0.717, 1.165) is 32.1 Å². The van der Waals surface area contributed by atoms with E-state index in [1.54, 1.807) is 0 Å². The number of rotatable bonds is 20. The normalized spacial score (nSPS) is 12.5. The highest BCUT2D eigenvalue weighted by molar-refractivity contribution is 8.34. The van der Waals surface area contributed by atoms with Gasteiger partial charge in [0.2, 0.25) is 0 Å². The van der Waals surface area contributed by atoms with Gasteiger partial charge >= 0.3 is 17.6 Å². The number of hydrogen-bond acceptors (Lipinski definition) is 6. The molecule has 1 atom stereocenters. The summed E-state index contributed by atoms with van der Waals surface area (Å²) in [5.74, 6) is -0.189. The summed E-state index contributed by atoms with van der Waals surface area (Å²) in [6.07, 6.45) is 20.5. The zero-order valence-corrected chi connectivity index (χ0v) is 18.3. The third kappa shape index (κ3) is 19.9. The fourth-order valence-electron chi connectivity index (χ4n) is 2.62.